The summed E-state index contributed by atoms with van der Waals surface area (Å²) in [6.07, 6.45) is 0. The van der Waals surface area contributed by atoms with Crippen LogP contribution in [0.5, 0.6) is 5.75 Å². The number of tetrazole rings is 1. The molecule has 0 amide bonds. The van der Waals surface area contributed by atoms with Crippen LogP contribution in [0.3, 0.4) is 0 Å². The zero-order chi connectivity index (χ0) is 10.7. The predicted molar refractivity (Wildman–Crippen MR) is 56.5 cm³/mol. The van der Waals surface area contributed by atoms with Gasteiger partial charge in [0.05, 0.1) is 12.8 Å². The maximum Gasteiger partial charge on any atom is 0.185 e. The van der Waals surface area contributed by atoms with Gasteiger partial charge in [-0.1, -0.05) is 12.1 Å². The molecule has 2 aromatic rings. The van der Waals surface area contributed by atoms with E-state index in [9.17, 15) is 5.11 Å². The van der Waals surface area contributed by atoms with Crippen molar-refractivity contribution in [3.05, 3.63) is 30.1 Å². The average molecular weight is 222 g/mol. The number of nitrogens with zero attached hydrogens (tertiary/aromatic N) is 4. The third-order valence-corrected chi connectivity index (χ3v) is 2.83. The fourth-order valence-electron chi connectivity index (χ4n) is 1.10. The molecule has 0 fully saturated rings. The predicted octanol–water partition coefficient (Wildman–Crippen LogP) is 1.21. The van der Waals surface area contributed by atoms with Crippen LogP contribution in [-0.4, -0.2) is 25.3 Å². The Hall–Kier alpha value is -1.56. The molecule has 1 aromatic carbocycles. The second-order valence-electron chi connectivity index (χ2n) is 2.95. The third-order valence-electron chi connectivity index (χ3n) is 1.77. The van der Waals surface area contributed by atoms with E-state index in [1.807, 2.05) is 12.1 Å². The second kappa shape index (κ2) is 4.31. The molecule has 1 aromatic heterocycles. The van der Waals surface area contributed by atoms with Gasteiger partial charge in [0, 0.05) is 4.90 Å². The fraction of sp³-hybridized carbons (Fsp3) is 0.222. The largest absolute Gasteiger partial charge is 0.507 e. The van der Waals surface area contributed by atoms with Gasteiger partial charge < -0.3 is 5.11 Å². The molecule has 15 heavy (non-hydrogen) atoms. The lowest BCUT2D eigenvalue weighted by Crippen LogP contribution is -1.92. The highest BCUT2D eigenvalue weighted by atomic mass is 32.2. The zero-order valence-electron chi connectivity index (χ0n) is 8.16. The number of thioether (sulfide) groups is 1. The number of aromatic nitrogens is 4. The van der Waals surface area contributed by atoms with Crippen LogP contribution in [0.25, 0.3) is 0 Å². The summed E-state index contributed by atoms with van der Waals surface area (Å²) in [5.41, 5.74) is 0. The highest BCUT2D eigenvalue weighted by Gasteiger charge is 2.04. The van der Waals surface area contributed by atoms with Crippen LogP contribution in [0, 0.1) is 0 Å². The molecular formula is C9H10N4OS. The molecular weight excluding hydrogens is 212 g/mol. The van der Waals surface area contributed by atoms with E-state index in [-0.39, 0.29) is 5.75 Å². The van der Waals surface area contributed by atoms with E-state index in [0.717, 1.165) is 4.90 Å². The van der Waals surface area contributed by atoms with Gasteiger partial charge in [0.25, 0.3) is 0 Å². The van der Waals surface area contributed by atoms with Crippen molar-refractivity contribution in [1.29, 1.82) is 0 Å². The minimum absolute atomic E-state index is 0.284. The van der Waals surface area contributed by atoms with Gasteiger partial charge in [0.15, 0.2) is 5.82 Å². The molecule has 1 N–H and O–H groups in total. The third kappa shape index (κ3) is 2.47. The second-order valence-corrected chi connectivity index (χ2v) is 3.97. The fourth-order valence-corrected chi connectivity index (χ4v) is 1.89. The summed E-state index contributed by atoms with van der Waals surface area (Å²) in [7, 11) is 1.72. The van der Waals surface area contributed by atoms with Gasteiger partial charge in [-0.05, 0) is 17.3 Å². The van der Waals surface area contributed by atoms with Crippen molar-refractivity contribution in [3.8, 4) is 5.75 Å². The van der Waals surface area contributed by atoms with Gasteiger partial charge in [-0.15, -0.1) is 22.0 Å². The van der Waals surface area contributed by atoms with Crippen LogP contribution in [0.1, 0.15) is 5.82 Å². The molecule has 6 heteroatoms. The molecule has 0 aliphatic heterocycles. The van der Waals surface area contributed by atoms with Crippen LogP contribution >= 0.6 is 11.8 Å². The van der Waals surface area contributed by atoms with Gasteiger partial charge in [-0.2, -0.15) is 4.80 Å². The number of benzene rings is 1. The molecule has 0 unspecified atom stereocenters. The zero-order valence-corrected chi connectivity index (χ0v) is 8.98. The number of hydrogen-bond acceptors (Lipinski definition) is 5. The SMILES string of the molecule is Cn1nnc(CSc2ccccc2O)n1. The van der Waals surface area contributed by atoms with Gasteiger partial charge >= 0.3 is 0 Å². The Morgan fingerprint density at radius 1 is 1.40 bits per heavy atom. The minimum Gasteiger partial charge on any atom is -0.507 e. The maximum absolute atomic E-state index is 9.51. The van der Waals surface area contributed by atoms with E-state index in [1.165, 1.54) is 16.6 Å². The lowest BCUT2D eigenvalue weighted by Gasteiger charge is -2.00. The molecule has 1 heterocycles. The van der Waals surface area contributed by atoms with Crippen molar-refractivity contribution in [2.24, 2.45) is 7.05 Å². The Morgan fingerprint density at radius 3 is 2.87 bits per heavy atom. The molecule has 0 saturated heterocycles. The standard InChI is InChI=1S/C9H10N4OS/c1-13-11-9(10-12-13)6-15-8-5-3-2-4-7(8)14/h2-5,14H,6H2,1H3. The molecule has 2 rings (SSSR count). The summed E-state index contributed by atoms with van der Waals surface area (Å²) >= 11 is 1.49. The van der Waals surface area contributed by atoms with E-state index in [1.54, 1.807) is 19.2 Å². The van der Waals surface area contributed by atoms with Crippen LogP contribution in [0.4, 0.5) is 0 Å². The van der Waals surface area contributed by atoms with Crippen molar-refractivity contribution < 1.29 is 5.11 Å². The highest BCUT2D eigenvalue weighted by molar-refractivity contribution is 7.98. The summed E-state index contributed by atoms with van der Waals surface area (Å²) in [5, 5.41) is 21.1. The lowest BCUT2D eigenvalue weighted by atomic mass is 10.3. The lowest BCUT2D eigenvalue weighted by molar-refractivity contribution is 0.462. The van der Waals surface area contributed by atoms with Gasteiger partial charge in [-0.3, -0.25) is 0 Å². The first-order chi connectivity index (χ1) is 7.25. The van der Waals surface area contributed by atoms with E-state index < -0.39 is 0 Å². The molecule has 0 bridgehead atoms. The summed E-state index contributed by atoms with van der Waals surface area (Å²) in [6, 6.07) is 7.19. The molecule has 0 aliphatic rings. The van der Waals surface area contributed by atoms with E-state index in [2.05, 4.69) is 15.4 Å². The Morgan fingerprint density at radius 2 is 2.20 bits per heavy atom. The van der Waals surface area contributed by atoms with Gasteiger partial charge in [0.2, 0.25) is 0 Å². The van der Waals surface area contributed by atoms with Crippen LogP contribution in [0.2, 0.25) is 0 Å². The Bertz CT molecular complexity index is 457. The summed E-state index contributed by atoms with van der Waals surface area (Å²) < 4.78 is 0. The first-order valence-corrected chi connectivity index (χ1v) is 5.38. The number of aryl methyl sites for hydroxylation is 1. The Labute approximate surface area is 91.1 Å². The van der Waals surface area contributed by atoms with Crippen molar-refractivity contribution in [2.75, 3.05) is 0 Å². The van der Waals surface area contributed by atoms with Crippen molar-refractivity contribution in [1.82, 2.24) is 20.2 Å². The van der Waals surface area contributed by atoms with Crippen LogP contribution in [0.15, 0.2) is 29.2 Å². The van der Waals surface area contributed by atoms with Crippen LogP contribution in [-0.2, 0) is 12.8 Å². The topological polar surface area (TPSA) is 63.8 Å². The summed E-state index contributed by atoms with van der Waals surface area (Å²) in [6.45, 7) is 0. The first kappa shape index (κ1) is 9.97. The monoisotopic (exact) mass is 222 g/mol. The smallest absolute Gasteiger partial charge is 0.185 e. The molecule has 0 atom stereocenters. The average Bonchev–Trinajstić information content (AvgIpc) is 2.63. The molecule has 0 radical (unpaired) electrons. The van der Waals surface area contributed by atoms with Gasteiger partial charge in [-0.25, -0.2) is 0 Å². The number of phenolic OH excluding ortho intramolecular Hbond substituents is 1. The molecule has 0 aliphatic carbocycles. The normalized spacial score (nSPS) is 10.5. The number of phenols is 1. The maximum atomic E-state index is 9.51. The molecule has 5 nitrogen and oxygen atoms in total. The molecule has 0 spiro atoms. The number of hydrogen-bond donors (Lipinski definition) is 1. The summed E-state index contributed by atoms with van der Waals surface area (Å²) in [4.78, 5) is 2.24. The highest BCUT2D eigenvalue weighted by Crippen LogP contribution is 2.29. The quantitative estimate of drug-likeness (QED) is 0.791. The Kier molecular flexibility index (Phi) is 2.86. The van der Waals surface area contributed by atoms with Gasteiger partial charge in [0.1, 0.15) is 5.75 Å². The Balaban J connectivity index is 2.02. The number of aromatic hydroxyl groups is 1. The summed E-state index contributed by atoms with van der Waals surface area (Å²) in [5.74, 6) is 1.54. The first-order valence-electron chi connectivity index (χ1n) is 4.39. The van der Waals surface area contributed by atoms with Crippen molar-refractivity contribution in [2.45, 2.75) is 10.6 Å². The van der Waals surface area contributed by atoms with E-state index >= 15 is 0 Å². The minimum atomic E-state index is 0.284. The number of rotatable bonds is 3. The van der Waals surface area contributed by atoms with Crippen molar-refractivity contribution in [3.63, 3.8) is 0 Å². The molecule has 0 saturated carbocycles. The number of para-hydroxylation sites is 1. The van der Waals surface area contributed by atoms with Crippen molar-refractivity contribution >= 4 is 11.8 Å². The van der Waals surface area contributed by atoms with Crippen LogP contribution < -0.4 is 0 Å². The molecule has 78 valence electrons. The van der Waals surface area contributed by atoms with E-state index in [0.29, 0.717) is 11.6 Å². The van der Waals surface area contributed by atoms with E-state index in [4.69, 9.17) is 0 Å².